The number of carbonyl (C=O) groups is 3. The van der Waals surface area contributed by atoms with Gasteiger partial charge in [0, 0.05) is 30.4 Å². The van der Waals surface area contributed by atoms with Crippen LogP contribution in [-0.4, -0.2) is 40.9 Å². The molecule has 1 aromatic heterocycles. The Hall–Kier alpha value is -3.09. The number of carbonyl (C=O) groups excluding carboxylic acids is 2. The third-order valence-electron chi connectivity index (χ3n) is 4.35. The van der Waals surface area contributed by atoms with E-state index in [4.69, 9.17) is 9.52 Å². The minimum absolute atomic E-state index is 0.00177. The highest BCUT2D eigenvalue weighted by Gasteiger charge is 2.18. The number of carboxylic acids is 1. The summed E-state index contributed by atoms with van der Waals surface area (Å²) in [6.45, 7) is 1.56. The van der Waals surface area contributed by atoms with Gasteiger partial charge in [-0.3, -0.25) is 9.59 Å². The van der Waals surface area contributed by atoms with Gasteiger partial charge in [0.2, 0.25) is 0 Å². The third kappa shape index (κ3) is 4.11. The van der Waals surface area contributed by atoms with Crippen molar-refractivity contribution in [2.75, 3.05) is 18.4 Å². The van der Waals surface area contributed by atoms with E-state index in [1.807, 2.05) is 4.90 Å². The average Bonchev–Trinajstić information content (AvgIpc) is 2.99. The molecule has 3 rings (SSSR count). The highest BCUT2D eigenvalue weighted by Crippen LogP contribution is 2.17. The van der Waals surface area contributed by atoms with Crippen LogP contribution in [0.15, 0.2) is 41.0 Å². The molecule has 2 N–H and O–H groups in total. The molecule has 26 heavy (non-hydrogen) atoms. The molecular formula is C19H20N2O5. The molecule has 2 amide bonds. The minimum atomic E-state index is -1.16. The maximum atomic E-state index is 12.5. The SMILES string of the molecule is O=C(O)c1coc(C(=O)Nc2ccc(C(=O)N3CCCCCC3)cc2)c1. The normalized spacial score (nSPS) is 14.5. The van der Waals surface area contributed by atoms with Crippen molar-refractivity contribution in [3.63, 3.8) is 0 Å². The molecule has 1 saturated heterocycles. The van der Waals surface area contributed by atoms with Crippen LogP contribution in [-0.2, 0) is 0 Å². The molecule has 1 aliphatic rings. The molecular weight excluding hydrogens is 336 g/mol. The molecule has 2 heterocycles. The first kappa shape index (κ1) is 17.7. The smallest absolute Gasteiger partial charge is 0.338 e. The number of carboxylic acid groups (broad SMARTS) is 1. The first-order chi connectivity index (χ1) is 12.5. The lowest BCUT2D eigenvalue weighted by molar-refractivity contribution is 0.0694. The molecule has 0 spiro atoms. The maximum Gasteiger partial charge on any atom is 0.338 e. The van der Waals surface area contributed by atoms with Crippen LogP contribution in [0.3, 0.4) is 0 Å². The largest absolute Gasteiger partial charge is 0.478 e. The van der Waals surface area contributed by atoms with Crippen molar-refractivity contribution in [3.05, 3.63) is 53.5 Å². The Morgan fingerprint density at radius 2 is 1.62 bits per heavy atom. The quantitative estimate of drug-likeness (QED) is 0.876. The second-order valence-corrected chi connectivity index (χ2v) is 6.24. The number of hydrogen-bond donors (Lipinski definition) is 2. The predicted molar refractivity (Wildman–Crippen MR) is 94.4 cm³/mol. The molecule has 0 radical (unpaired) electrons. The van der Waals surface area contributed by atoms with Crippen LogP contribution in [0.4, 0.5) is 5.69 Å². The average molecular weight is 356 g/mol. The van der Waals surface area contributed by atoms with Crippen molar-refractivity contribution in [3.8, 4) is 0 Å². The van der Waals surface area contributed by atoms with Crippen LogP contribution in [0.5, 0.6) is 0 Å². The van der Waals surface area contributed by atoms with Gasteiger partial charge in [-0.15, -0.1) is 0 Å². The van der Waals surface area contributed by atoms with Gasteiger partial charge in [0.1, 0.15) is 6.26 Å². The summed E-state index contributed by atoms with van der Waals surface area (Å²) in [7, 11) is 0. The fraction of sp³-hybridized carbons (Fsp3) is 0.316. The molecule has 7 heteroatoms. The molecule has 0 aliphatic carbocycles. The van der Waals surface area contributed by atoms with Crippen LogP contribution in [0, 0.1) is 0 Å². The summed E-state index contributed by atoms with van der Waals surface area (Å²) < 4.78 is 4.96. The molecule has 1 aliphatic heterocycles. The highest BCUT2D eigenvalue weighted by atomic mass is 16.4. The number of nitrogens with zero attached hydrogens (tertiary/aromatic N) is 1. The van der Waals surface area contributed by atoms with Gasteiger partial charge in [0.15, 0.2) is 5.76 Å². The molecule has 2 aromatic rings. The zero-order valence-corrected chi connectivity index (χ0v) is 14.2. The van der Waals surface area contributed by atoms with Crippen molar-refractivity contribution in [1.29, 1.82) is 0 Å². The van der Waals surface area contributed by atoms with Gasteiger partial charge in [-0.25, -0.2) is 4.79 Å². The molecule has 0 atom stereocenters. The first-order valence-corrected chi connectivity index (χ1v) is 8.57. The number of aromatic carboxylic acids is 1. The third-order valence-corrected chi connectivity index (χ3v) is 4.35. The molecule has 0 bridgehead atoms. The topological polar surface area (TPSA) is 99.8 Å². The van der Waals surface area contributed by atoms with E-state index in [1.165, 1.54) is 0 Å². The summed E-state index contributed by atoms with van der Waals surface area (Å²) in [6, 6.07) is 7.80. The Balaban J connectivity index is 1.64. The lowest BCUT2D eigenvalue weighted by Crippen LogP contribution is -2.31. The Kier molecular flexibility index (Phi) is 5.36. The summed E-state index contributed by atoms with van der Waals surface area (Å²) in [4.78, 5) is 37.3. The van der Waals surface area contributed by atoms with Crippen LogP contribution in [0.25, 0.3) is 0 Å². The van der Waals surface area contributed by atoms with Gasteiger partial charge in [-0.05, 0) is 37.1 Å². The van der Waals surface area contributed by atoms with Gasteiger partial charge < -0.3 is 19.7 Å². The first-order valence-electron chi connectivity index (χ1n) is 8.57. The van der Waals surface area contributed by atoms with Crippen molar-refractivity contribution in [1.82, 2.24) is 4.90 Å². The van der Waals surface area contributed by atoms with Gasteiger partial charge >= 0.3 is 5.97 Å². The van der Waals surface area contributed by atoms with Gasteiger partial charge in [-0.1, -0.05) is 12.8 Å². The number of rotatable bonds is 4. The lowest BCUT2D eigenvalue weighted by atomic mass is 10.1. The lowest BCUT2D eigenvalue weighted by Gasteiger charge is -2.20. The van der Waals surface area contributed by atoms with Crippen LogP contribution in [0.2, 0.25) is 0 Å². The molecule has 7 nitrogen and oxygen atoms in total. The van der Waals surface area contributed by atoms with Crippen LogP contribution >= 0.6 is 0 Å². The highest BCUT2D eigenvalue weighted by molar-refractivity contribution is 6.04. The molecule has 1 aromatic carbocycles. The second kappa shape index (κ2) is 7.86. The number of amides is 2. The number of likely N-dealkylation sites (tertiary alicyclic amines) is 1. The standard InChI is InChI=1S/C19H20N2O5/c22-17(16-11-14(12-26-16)19(24)25)20-15-7-5-13(6-8-15)18(23)21-9-3-1-2-4-10-21/h5-8,11-12H,1-4,9-10H2,(H,20,22)(H,24,25). The van der Waals surface area contributed by atoms with E-state index in [0.717, 1.165) is 51.1 Å². The van der Waals surface area contributed by atoms with E-state index in [2.05, 4.69) is 5.32 Å². The van der Waals surface area contributed by atoms with Gasteiger partial charge in [-0.2, -0.15) is 0 Å². The Morgan fingerprint density at radius 3 is 2.19 bits per heavy atom. The Bertz CT molecular complexity index is 802. The predicted octanol–water partition coefficient (Wildman–Crippen LogP) is 3.25. The van der Waals surface area contributed by atoms with E-state index in [-0.39, 0.29) is 17.2 Å². The minimum Gasteiger partial charge on any atom is -0.478 e. The molecule has 0 saturated carbocycles. The number of hydrogen-bond acceptors (Lipinski definition) is 4. The van der Waals surface area contributed by atoms with Crippen molar-refractivity contribution < 1.29 is 23.9 Å². The molecule has 0 unspecified atom stereocenters. The van der Waals surface area contributed by atoms with E-state index < -0.39 is 11.9 Å². The van der Waals surface area contributed by atoms with Crippen LogP contribution < -0.4 is 5.32 Å². The van der Waals surface area contributed by atoms with Crippen molar-refractivity contribution in [2.45, 2.75) is 25.7 Å². The molecule has 136 valence electrons. The second-order valence-electron chi connectivity index (χ2n) is 6.24. The van der Waals surface area contributed by atoms with Gasteiger partial charge in [0.05, 0.1) is 5.56 Å². The van der Waals surface area contributed by atoms with Crippen LogP contribution in [0.1, 0.15) is 57.0 Å². The Morgan fingerprint density at radius 1 is 0.962 bits per heavy atom. The van der Waals surface area contributed by atoms with Crippen molar-refractivity contribution >= 4 is 23.5 Å². The fourth-order valence-corrected chi connectivity index (χ4v) is 2.91. The Labute approximate surface area is 150 Å². The van der Waals surface area contributed by atoms with Gasteiger partial charge in [0.25, 0.3) is 11.8 Å². The van der Waals surface area contributed by atoms with E-state index in [0.29, 0.717) is 11.3 Å². The summed E-state index contributed by atoms with van der Waals surface area (Å²) in [5.74, 6) is -1.80. The molecule has 1 fully saturated rings. The summed E-state index contributed by atoms with van der Waals surface area (Å²) in [5, 5.41) is 11.5. The van der Waals surface area contributed by atoms with E-state index >= 15 is 0 Å². The summed E-state index contributed by atoms with van der Waals surface area (Å²) in [5.41, 5.74) is 0.986. The number of nitrogens with one attached hydrogen (secondary N) is 1. The van der Waals surface area contributed by atoms with E-state index in [9.17, 15) is 14.4 Å². The number of furan rings is 1. The van der Waals surface area contributed by atoms with Crippen molar-refractivity contribution in [2.24, 2.45) is 0 Å². The zero-order valence-electron chi connectivity index (χ0n) is 14.2. The fourth-order valence-electron chi connectivity index (χ4n) is 2.91. The summed E-state index contributed by atoms with van der Waals surface area (Å²) in [6.07, 6.45) is 5.39. The monoisotopic (exact) mass is 356 g/mol. The zero-order chi connectivity index (χ0) is 18.5. The number of benzene rings is 1. The van der Waals surface area contributed by atoms with E-state index in [1.54, 1.807) is 24.3 Å². The number of anilines is 1. The summed E-state index contributed by atoms with van der Waals surface area (Å²) >= 11 is 0. The maximum absolute atomic E-state index is 12.5.